The SMILES string of the molecule is C[C@H](On1nnc2ccc(Cl)cc21)C(=O)Nc1cccc(C#N)c1. The van der Waals surface area contributed by atoms with Crippen molar-refractivity contribution in [2.45, 2.75) is 13.0 Å². The normalized spacial score (nSPS) is 11.7. The zero-order chi connectivity index (χ0) is 17.1. The third-order valence-electron chi connectivity index (χ3n) is 3.26. The van der Waals surface area contributed by atoms with E-state index in [9.17, 15) is 4.79 Å². The van der Waals surface area contributed by atoms with Gasteiger partial charge in [0, 0.05) is 10.7 Å². The van der Waals surface area contributed by atoms with Crippen molar-refractivity contribution in [2.24, 2.45) is 0 Å². The van der Waals surface area contributed by atoms with Crippen LogP contribution in [0.3, 0.4) is 0 Å². The lowest BCUT2D eigenvalue weighted by Gasteiger charge is -2.14. The Morgan fingerprint density at radius 1 is 1.38 bits per heavy atom. The quantitative estimate of drug-likeness (QED) is 0.786. The molecule has 1 N–H and O–H groups in total. The molecule has 24 heavy (non-hydrogen) atoms. The predicted octanol–water partition coefficient (Wildman–Crippen LogP) is 2.41. The minimum Gasteiger partial charge on any atom is -0.382 e. The second-order valence-corrected chi connectivity index (χ2v) is 5.46. The lowest BCUT2D eigenvalue weighted by Crippen LogP contribution is -2.35. The number of hydrogen-bond acceptors (Lipinski definition) is 5. The molecule has 1 heterocycles. The fourth-order valence-corrected chi connectivity index (χ4v) is 2.22. The van der Waals surface area contributed by atoms with Crippen LogP contribution >= 0.6 is 11.6 Å². The Bertz CT molecular complexity index is 947. The minimum atomic E-state index is -0.834. The summed E-state index contributed by atoms with van der Waals surface area (Å²) in [5, 5.41) is 19.9. The fourth-order valence-electron chi connectivity index (χ4n) is 2.06. The van der Waals surface area contributed by atoms with E-state index < -0.39 is 6.10 Å². The van der Waals surface area contributed by atoms with E-state index in [1.54, 1.807) is 49.4 Å². The monoisotopic (exact) mass is 341 g/mol. The van der Waals surface area contributed by atoms with Gasteiger partial charge < -0.3 is 10.2 Å². The fraction of sp³-hybridized carbons (Fsp3) is 0.125. The molecule has 0 spiro atoms. The number of rotatable bonds is 4. The number of carbonyl (C=O) groups is 1. The molecule has 0 aliphatic rings. The number of aromatic nitrogens is 3. The highest BCUT2D eigenvalue weighted by molar-refractivity contribution is 6.31. The third-order valence-corrected chi connectivity index (χ3v) is 3.50. The maximum Gasteiger partial charge on any atom is 0.267 e. The summed E-state index contributed by atoms with van der Waals surface area (Å²) in [5.41, 5.74) is 2.14. The van der Waals surface area contributed by atoms with Gasteiger partial charge in [-0.1, -0.05) is 22.5 Å². The van der Waals surface area contributed by atoms with Gasteiger partial charge in [0.1, 0.15) is 11.0 Å². The number of carbonyl (C=O) groups excluding carboxylic acids is 1. The molecule has 0 saturated heterocycles. The van der Waals surface area contributed by atoms with E-state index in [1.807, 2.05) is 6.07 Å². The first-order chi connectivity index (χ1) is 11.6. The van der Waals surface area contributed by atoms with Gasteiger partial charge in [0.15, 0.2) is 0 Å². The van der Waals surface area contributed by atoms with Gasteiger partial charge in [-0.3, -0.25) is 4.79 Å². The van der Waals surface area contributed by atoms with Gasteiger partial charge >= 0.3 is 0 Å². The number of nitriles is 1. The van der Waals surface area contributed by atoms with Crippen molar-refractivity contribution in [3.63, 3.8) is 0 Å². The summed E-state index contributed by atoms with van der Waals surface area (Å²) < 4.78 is 0. The highest BCUT2D eigenvalue weighted by Crippen LogP contribution is 2.17. The second-order valence-electron chi connectivity index (χ2n) is 5.02. The summed E-state index contributed by atoms with van der Waals surface area (Å²) in [6.45, 7) is 1.58. The van der Waals surface area contributed by atoms with E-state index in [0.29, 0.717) is 27.3 Å². The molecule has 0 unspecified atom stereocenters. The first-order valence-electron chi connectivity index (χ1n) is 7.06. The van der Waals surface area contributed by atoms with Crippen LogP contribution in [0.2, 0.25) is 5.02 Å². The minimum absolute atomic E-state index is 0.379. The summed E-state index contributed by atoms with van der Waals surface area (Å²) in [6.07, 6.45) is -0.834. The van der Waals surface area contributed by atoms with Gasteiger partial charge in [0.2, 0.25) is 6.10 Å². The maximum atomic E-state index is 12.2. The van der Waals surface area contributed by atoms with Crippen LogP contribution in [0.4, 0.5) is 5.69 Å². The molecule has 0 saturated carbocycles. The van der Waals surface area contributed by atoms with Gasteiger partial charge in [0.05, 0.1) is 11.6 Å². The Labute approximate surface area is 142 Å². The average Bonchev–Trinajstić information content (AvgIpc) is 2.97. The highest BCUT2D eigenvalue weighted by atomic mass is 35.5. The number of nitrogens with one attached hydrogen (secondary N) is 1. The van der Waals surface area contributed by atoms with Crippen LogP contribution in [0.15, 0.2) is 42.5 Å². The van der Waals surface area contributed by atoms with Crippen molar-refractivity contribution in [3.05, 3.63) is 53.1 Å². The molecule has 0 aliphatic heterocycles. The molecule has 120 valence electrons. The third kappa shape index (κ3) is 3.29. The van der Waals surface area contributed by atoms with Gasteiger partial charge in [0.25, 0.3) is 5.91 Å². The van der Waals surface area contributed by atoms with Gasteiger partial charge in [-0.15, -0.1) is 5.10 Å². The molecule has 7 nitrogen and oxygen atoms in total. The Kier molecular flexibility index (Phi) is 4.31. The van der Waals surface area contributed by atoms with Gasteiger partial charge in [-0.25, -0.2) is 0 Å². The molecule has 8 heteroatoms. The maximum absolute atomic E-state index is 12.2. The van der Waals surface area contributed by atoms with E-state index in [-0.39, 0.29) is 5.91 Å². The molecular formula is C16H12ClN5O2. The standard InChI is InChI=1S/C16H12ClN5O2/c1-10(16(23)19-13-4-2-3-11(7-13)9-18)24-22-15-8-12(17)5-6-14(15)20-21-22/h2-8,10H,1H3,(H,19,23)/t10-/m0/s1. The Morgan fingerprint density at radius 2 is 2.21 bits per heavy atom. The predicted molar refractivity (Wildman–Crippen MR) is 88.4 cm³/mol. The van der Waals surface area contributed by atoms with Crippen LogP contribution in [0, 0.1) is 11.3 Å². The van der Waals surface area contributed by atoms with E-state index in [2.05, 4.69) is 15.6 Å². The summed E-state index contributed by atoms with van der Waals surface area (Å²) in [6, 6.07) is 13.7. The van der Waals surface area contributed by atoms with Crippen LogP contribution in [-0.2, 0) is 4.79 Å². The Morgan fingerprint density at radius 3 is 3.00 bits per heavy atom. The molecule has 2 aromatic carbocycles. The highest BCUT2D eigenvalue weighted by Gasteiger charge is 2.17. The number of benzene rings is 2. The van der Waals surface area contributed by atoms with Crippen LogP contribution in [0.25, 0.3) is 11.0 Å². The van der Waals surface area contributed by atoms with Gasteiger partial charge in [-0.2, -0.15) is 5.26 Å². The van der Waals surface area contributed by atoms with Crippen molar-refractivity contribution in [2.75, 3.05) is 5.32 Å². The zero-order valence-corrected chi connectivity index (χ0v) is 13.4. The molecule has 1 aromatic heterocycles. The Balaban J connectivity index is 1.73. The number of fused-ring (bicyclic) bond motifs is 1. The summed E-state index contributed by atoms with van der Waals surface area (Å²) >= 11 is 5.95. The topological polar surface area (TPSA) is 92.8 Å². The van der Waals surface area contributed by atoms with Crippen molar-refractivity contribution in [1.29, 1.82) is 5.26 Å². The molecule has 0 aliphatic carbocycles. The first kappa shape index (κ1) is 15.8. The van der Waals surface area contributed by atoms with E-state index >= 15 is 0 Å². The van der Waals surface area contributed by atoms with E-state index in [4.69, 9.17) is 21.7 Å². The molecule has 3 rings (SSSR count). The average molecular weight is 342 g/mol. The van der Waals surface area contributed by atoms with Crippen LogP contribution in [-0.4, -0.2) is 27.2 Å². The number of nitrogens with zero attached hydrogens (tertiary/aromatic N) is 4. The van der Waals surface area contributed by atoms with Gasteiger partial charge in [-0.05, 0) is 48.5 Å². The first-order valence-corrected chi connectivity index (χ1v) is 7.44. The molecular weight excluding hydrogens is 330 g/mol. The summed E-state index contributed by atoms with van der Waals surface area (Å²) in [4.78, 5) is 18.9. The van der Waals surface area contributed by atoms with Crippen LogP contribution in [0.5, 0.6) is 0 Å². The number of halogens is 1. The van der Waals surface area contributed by atoms with Crippen molar-refractivity contribution < 1.29 is 9.63 Å². The number of amides is 1. The smallest absolute Gasteiger partial charge is 0.267 e. The summed E-state index contributed by atoms with van der Waals surface area (Å²) in [5.74, 6) is -0.379. The lowest BCUT2D eigenvalue weighted by atomic mass is 10.2. The van der Waals surface area contributed by atoms with Crippen molar-refractivity contribution in [1.82, 2.24) is 15.2 Å². The van der Waals surface area contributed by atoms with Crippen molar-refractivity contribution in [3.8, 4) is 6.07 Å². The molecule has 1 atom stereocenters. The molecule has 3 aromatic rings. The van der Waals surface area contributed by atoms with Crippen LogP contribution in [0.1, 0.15) is 12.5 Å². The number of hydrogen-bond donors (Lipinski definition) is 1. The van der Waals surface area contributed by atoms with Crippen LogP contribution < -0.4 is 10.2 Å². The molecule has 1 amide bonds. The Hall–Kier alpha value is -3.11. The van der Waals surface area contributed by atoms with E-state index in [1.165, 1.54) is 0 Å². The summed E-state index contributed by atoms with van der Waals surface area (Å²) in [7, 11) is 0. The zero-order valence-electron chi connectivity index (χ0n) is 12.6. The number of anilines is 1. The molecule has 0 bridgehead atoms. The lowest BCUT2D eigenvalue weighted by molar-refractivity contribution is -0.127. The van der Waals surface area contributed by atoms with E-state index in [0.717, 1.165) is 4.85 Å². The molecule has 0 radical (unpaired) electrons. The second kappa shape index (κ2) is 6.56. The molecule has 0 fully saturated rings. The van der Waals surface area contributed by atoms with Crippen molar-refractivity contribution >= 4 is 34.2 Å². The largest absolute Gasteiger partial charge is 0.382 e.